The molecule has 0 aliphatic carbocycles. The standard InChI is InChI=1S/C13H10Cl2N2O3/c1-17-6-7(14)4-11(17)12(18)16-8-2-3-9(13(19)20)10(15)5-8/h2-6H,1H3,(H,16,18)(H,19,20). The van der Waals surface area contributed by atoms with E-state index in [0.717, 1.165) is 0 Å². The largest absolute Gasteiger partial charge is 0.478 e. The lowest BCUT2D eigenvalue weighted by Crippen LogP contribution is -2.15. The van der Waals surface area contributed by atoms with Crippen LogP contribution in [0.15, 0.2) is 30.5 Å². The summed E-state index contributed by atoms with van der Waals surface area (Å²) in [6.07, 6.45) is 1.61. The van der Waals surface area contributed by atoms with E-state index in [1.54, 1.807) is 17.8 Å². The van der Waals surface area contributed by atoms with Gasteiger partial charge in [-0.15, -0.1) is 0 Å². The molecule has 0 fully saturated rings. The third kappa shape index (κ3) is 2.95. The molecule has 2 N–H and O–H groups in total. The summed E-state index contributed by atoms with van der Waals surface area (Å²) in [5.74, 6) is -1.49. The molecular formula is C13H10Cl2N2O3. The molecule has 2 aromatic rings. The first-order valence-electron chi connectivity index (χ1n) is 5.54. The minimum atomic E-state index is -1.12. The van der Waals surface area contributed by atoms with Crippen molar-refractivity contribution in [2.24, 2.45) is 7.05 Å². The van der Waals surface area contributed by atoms with Gasteiger partial charge in [0.15, 0.2) is 0 Å². The molecule has 0 aliphatic rings. The van der Waals surface area contributed by atoms with Gasteiger partial charge in [0.1, 0.15) is 5.69 Å². The summed E-state index contributed by atoms with van der Waals surface area (Å²) in [6.45, 7) is 0. The van der Waals surface area contributed by atoms with Gasteiger partial charge in [0, 0.05) is 18.9 Å². The Morgan fingerprint density at radius 1 is 1.25 bits per heavy atom. The number of rotatable bonds is 3. The second-order valence-electron chi connectivity index (χ2n) is 4.11. The maximum absolute atomic E-state index is 12.0. The predicted molar refractivity (Wildman–Crippen MR) is 76.8 cm³/mol. The molecule has 0 spiro atoms. The van der Waals surface area contributed by atoms with E-state index >= 15 is 0 Å². The maximum Gasteiger partial charge on any atom is 0.337 e. The average molecular weight is 313 g/mol. The number of nitrogens with one attached hydrogen (secondary N) is 1. The second-order valence-corrected chi connectivity index (χ2v) is 4.95. The number of carbonyl (C=O) groups excluding carboxylic acids is 1. The van der Waals surface area contributed by atoms with E-state index in [0.29, 0.717) is 16.4 Å². The third-order valence-electron chi connectivity index (χ3n) is 2.66. The lowest BCUT2D eigenvalue weighted by molar-refractivity contribution is 0.0697. The highest BCUT2D eigenvalue weighted by Gasteiger charge is 2.13. The molecule has 20 heavy (non-hydrogen) atoms. The first-order chi connectivity index (χ1) is 9.38. The zero-order valence-electron chi connectivity index (χ0n) is 10.4. The van der Waals surface area contributed by atoms with Crippen LogP contribution in [0, 0.1) is 0 Å². The lowest BCUT2D eigenvalue weighted by atomic mass is 10.2. The van der Waals surface area contributed by atoms with Crippen molar-refractivity contribution in [2.45, 2.75) is 0 Å². The van der Waals surface area contributed by atoms with Gasteiger partial charge in [0.05, 0.1) is 15.6 Å². The summed E-state index contributed by atoms with van der Waals surface area (Å²) in [7, 11) is 1.70. The summed E-state index contributed by atoms with van der Waals surface area (Å²) in [4.78, 5) is 22.9. The smallest absolute Gasteiger partial charge is 0.337 e. The Kier molecular flexibility index (Phi) is 4.01. The van der Waals surface area contributed by atoms with Crippen molar-refractivity contribution in [1.29, 1.82) is 0 Å². The Morgan fingerprint density at radius 3 is 2.45 bits per heavy atom. The summed E-state index contributed by atoms with van der Waals surface area (Å²) < 4.78 is 1.59. The second kappa shape index (κ2) is 5.56. The van der Waals surface area contributed by atoms with Crippen LogP contribution in [-0.2, 0) is 7.05 Å². The van der Waals surface area contributed by atoms with Crippen LogP contribution in [0.1, 0.15) is 20.8 Å². The summed E-state index contributed by atoms with van der Waals surface area (Å²) in [5, 5.41) is 12.0. The molecule has 1 aromatic carbocycles. The Labute approximate surface area is 124 Å². The topological polar surface area (TPSA) is 71.3 Å². The zero-order valence-corrected chi connectivity index (χ0v) is 11.9. The quantitative estimate of drug-likeness (QED) is 0.913. The number of aromatic carboxylic acids is 1. The van der Waals surface area contributed by atoms with Crippen LogP contribution in [0.3, 0.4) is 0 Å². The molecule has 0 saturated carbocycles. The fourth-order valence-corrected chi connectivity index (χ4v) is 2.22. The minimum Gasteiger partial charge on any atom is -0.478 e. The van der Waals surface area contributed by atoms with Crippen LogP contribution < -0.4 is 5.32 Å². The molecule has 1 aromatic heterocycles. The average Bonchev–Trinajstić information content (AvgIpc) is 2.68. The number of hydrogen-bond acceptors (Lipinski definition) is 2. The molecule has 0 aliphatic heterocycles. The van der Waals surface area contributed by atoms with Crippen molar-refractivity contribution < 1.29 is 14.7 Å². The fourth-order valence-electron chi connectivity index (χ4n) is 1.71. The van der Waals surface area contributed by atoms with Crippen molar-refractivity contribution >= 4 is 40.8 Å². The predicted octanol–water partition coefficient (Wildman–Crippen LogP) is 3.28. The molecule has 0 radical (unpaired) electrons. The number of carbonyl (C=O) groups is 2. The Morgan fingerprint density at radius 2 is 1.95 bits per heavy atom. The van der Waals surface area contributed by atoms with Gasteiger partial charge in [0.2, 0.25) is 0 Å². The minimum absolute atomic E-state index is 0.0217. The summed E-state index contributed by atoms with van der Waals surface area (Å²) >= 11 is 11.6. The van der Waals surface area contributed by atoms with E-state index in [-0.39, 0.29) is 16.5 Å². The van der Waals surface area contributed by atoms with Crippen LogP contribution in [0.25, 0.3) is 0 Å². The van der Waals surface area contributed by atoms with Crippen molar-refractivity contribution in [3.8, 4) is 0 Å². The summed E-state index contributed by atoms with van der Waals surface area (Å²) in [5.41, 5.74) is 0.766. The van der Waals surface area contributed by atoms with Crippen LogP contribution in [0.2, 0.25) is 10.0 Å². The molecule has 0 saturated heterocycles. The highest BCUT2D eigenvalue weighted by Crippen LogP contribution is 2.22. The van der Waals surface area contributed by atoms with E-state index < -0.39 is 5.97 Å². The van der Waals surface area contributed by atoms with E-state index in [1.807, 2.05) is 0 Å². The number of carboxylic acid groups (broad SMARTS) is 1. The van der Waals surface area contributed by atoms with E-state index in [4.69, 9.17) is 28.3 Å². The molecule has 0 bridgehead atoms. The normalized spacial score (nSPS) is 10.3. The molecule has 0 unspecified atom stereocenters. The zero-order chi connectivity index (χ0) is 14.9. The van der Waals surface area contributed by atoms with Crippen LogP contribution in [0.4, 0.5) is 5.69 Å². The maximum atomic E-state index is 12.0. The van der Waals surface area contributed by atoms with Gasteiger partial charge >= 0.3 is 5.97 Å². The molecule has 5 nitrogen and oxygen atoms in total. The van der Waals surface area contributed by atoms with Crippen LogP contribution in [0.5, 0.6) is 0 Å². The number of carboxylic acids is 1. The van der Waals surface area contributed by atoms with Crippen molar-refractivity contribution in [2.75, 3.05) is 5.32 Å². The molecule has 1 heterocycles. The number of halogens is 2. The highest BCUT2D eigenvalue weighted by molar-refractivity contribution is 6.34. The Hall–Kier alpha value is -1.98. The van der Waals surface area contributed by atoms with Crippen LogP contribution in [-0.4, -0.2) is 21.6 Å². The number of nitrogens with zero attached hydrogens (tertiary/aromatic N) is 1. The number of amides is 1. The van der Waals surface area contributed by atoms with Gasteiger partial charge in [-0.2, -0.15) is 0 Å². The summed E-state index contributed by atoms with van der Waals surface area (Å²) in [6, 6.07) is 5.72. The van der Waals surface area contributed by atoms with Crippen molar-refractivity contribution in [3.05, 3.63) is 51.8 Å². The fraction of sp³-hybridized carbons (Fsp3) is 0.0769. The van der Waals surface area contributed by atoms with E-state index in [2.05, 4.69) is 5.32 Å². The third-order valence-corrected chi connectivity index (χ3v) is 3.18. The number of benzene rings is 1. The van der Waals surface area contributed by atoms with Crippen LogP contribution >= 0.6 is 23.2 Å². The van der Waals surface area contributed by atoms with Gasteiger partial charge in [0.25, 0.3) is 5.91 Å². The molecule has 0 atom stereocenters. The molecular weight excluding hydrogens is 303 g/mol. The molecule has 2 rings (SSSR count). The molecule has 7 heteroatoms. The van der Waals surface area contributed by atoms with E-state index in [9.17, 15) is 9.59 Å². The van der Waals surface area contributed by atoms with Gasteiger partial charge in [-0.3, -0.25) is 4.79 Å². The monoisotopic (exact) mass is 312 g/mol. The van der Waals surface area contributed by atoms with Gasteiger partial charge in [-0.25, -0.2) is 4.79 Å². The molecule has 1 amide bonds. The lowest BCUT2D eigenvalue weighted by Gasteiger charge is -2.07. The van der Waals surface area contributed by atoms with Gasteiger partial charge < -0.3 is 15.0 Å². The number of aromatic nitrogens is 1. The van der Waals surface area contributed by atoms with E-state index in [1.165, 1.54) is 24.3 Å². The van der Waals surface area contributed by atoms with Crippen molar-refractivity contribution in [1.82, 2.24) is 4.57 Å². The SMILES string of the molecule is Cn1cc(Cl)cc1C(=O)Nc1ccc(C(=O)O)c(Cl)c1. The first-order valence-corrected chi connectivity index (χ1v) is 6.30. The number of hydrogen-bond donors (Lipinski definition) is 2. The Bertz CT molecular complexity index is 695. The highest BCUT2D eigenvalue weighted by atomic mass is 35.5. The molecule has 104 valence electrons. The number of anilines is 1. The Balaban J connectivity index is 2.22. The van der Waals surface area contributed by atoms with Crippen molar-refractivity contribution in [3.63, 3.8) is 0 Å². The first kappa shape index (κ1) is 14.4. The van der Waals surface area contributed by atoms with Gasteiger partial charge in [-0.05, 0) is 24.3 Å². The van der Waals surface area contributed by atoms with Gasteiger partial charge in [-0.1, -0.05) is 23.2 Å². The number of aryl methyl sites for hydroxylation is 1.